The van der Waals surface area contributed by atoms with Crippen molar-refractivity contribution < 1.29 is 22.7 Å². The van der Waals surface area contributed by atoms with Gasteiger partial charge in [-0.1, -0.05) is 11.6 Å². The van der Waals surface area contributed by atoms with Gasteiger partial charge in [0.15, 0.2) is 0 Å². The third kappa shape index (κ3) is 4.13. The molecule has 0 bridgehead atoms. The van der Waals surface area contributed by atoms with Crippen LogP contribution in [0.25, 0.3) is 0 Å². The number of anilines is 1. The van der Waals surface area contributed by atoms with E-state index in [9.17, 15) is 18.0 Å². The van der Waals surface area contributed by atoms with E-state index >= 15 is 0 Å². The molecule has 0 saturated heterocycles. The van der Waals surface area contributed by atoms with Crippen molar-refractivity contribution in [3.05, 3.63) is 58.9 Å². The lowest BCUT2D eigenvalue weighted by Gasteiger charge is -2.09. The van der Waals surface area contributed by atoms with Crippen LogP contribution in [0.1, 0.15) is 10.4 Å². The van der Waals surface area contributed by atoms with Crippen LogP contribution in [0.3, 0.4) is 0 Å². The minimum atomic E-state index is -2.98. The summed E-state index contributed by atoms with van der Waals surface area (Å²) in [5.41, 5.74) is 0.552. The molecule has 2 aromatic carbocycles. The molecule has 21 heavy (non-hydrogen) atoms. The number of nitrogens with one attached hydrogen (secondary N) is 1. The number of halogens is 4. The van der Waals surface area contributed by atoms with E-state index in [1.54, 1.807) is 0 Å². The topological polar surface area (TPSA) is 38.3 Å². The molecule has 0 atom stereocenters. The van der Waals surface area contributed by atoms with Crippen LogP contribution in [0, 0.1) is 5.82 Å². The zero-order chi connectivity index (χ0) is 15.4. The van der Waals surface area contributed by atoms with Crippen LogP contribution < -0.4 is 10.1 Å². The zero-order valence-electron chi connectivity index (χ0n) is 10.4. The number of carbonyl (C=O) groups excluding carboxylic acids is 1. The van der Waals surface area contributed by atoms with Crippen LogP contribution in [-0.2, 0) is 0 Å². The van der Waals surface area contributed by atoms with E-state index in [-0.39, 0.29) is 16.3 Å². The first-order valence-corrected chi connectivity index (χ1v) is 6.15. The summed E-state index contributed by atoms with van der Waals surface area (Å²) in [5.74, 6) is -1.12. The smallest absolute Gasteiger partial charge is 0.387 e. The van der Waals surface area contributed by atoms with Crippen LogP contribution in [0.5, 0.6) is 5.75 Å². The highest BCUT2D eigenvalue weighted by molar-refractivity contribution is 6.32. The maximum Gasteiger partial charge on any atom is 0.387 e. The number of benzene rings is 2. The molecule has 0 saturated carbocycles. The molecule has 0 aliphatic rings. The second kappa shape index (κ2) is 6.49. The van der Waals surface area contributed by atoms with Gasteiger partial charge in [-0.25, -0.2) is 4.39 Å². The number of ether oxygens (including phenoxy) is 1. The summed E-state index contributed by atoms with van der Waals surface area (Å²) in [4.78, 5) is 11.9. The number of alkyl halides is 2. The van der Waals surface area contributed by atoms with Crippen molar-refractivity contribution in [3.63, 3.8) is 0 Å². The Morgan fingerprint density at radius 1 is 1.14 bits per heavy atom. The van der Waals surface area contributed by atoms with Gasteiger partial charge in [0.25, 0.3) is 5.91 Å². The quantitative estimate of drug-likeness (QED) is 0.912. The van der Waals surface area contributed by atoms with Gasteiger partial charge < -0.3 is 10.1 Å². The molecular weight excluding hydrogens is 307 g/mol. The van der Waals surface area contributed by atoms with Gasteiger partial charge in [-0.05, 0) is 42.5 Å². The fourth-order valence-corrected chi connectivity index (χ4v) is 1.80. The van der Waals surface area contributed by atoms with Crippen LogP contribution in [0.4, 0.5) is 18.9 Å². The summed E-state index contributed by atoms with van der Waals surface area (Å²) < 4.78 is 41.1. The summed E-state index contributed by atoms with van der Waals surface area (Å²) in [6, 6.07) is 8.81. The van der Waals surface area contributed by atoms with Gasteiger partial charge >= 0.3 is 6.61 Å². The molecule has 0 spiro atoms. The first-order chi connectivity index (χ1) is 9.95. The Hall–Kier alpha value is -2.21. The first-order valence-electron chi connectivity index (χ1n) is 5.77. The third-order valence-electron chi connectivity index (χ3n) is 2.51. The van der Waals surface area contributed by atoms with Crippen LogP contribution in [-0.4, -0.2) is 12.5 Å². The fourth-order valence-electron chi connectivity index (χ4n) is 1.57. The molecule has 0 aliphatic carbocycles. The summed E-state index contributed by atoms with van der Waals surface area (Å²) >= 11 is 5.76. The first kappa shape index (κ1) is 15.2. The molecule has 1 N–H and O–H groups in total. The van der Waals surface area contributed by atoms with E-state index in [0.29, 0.717) is 5.69 Å². The molecule has 2 aromatic rings. The molecule has 0 aromatic heterocycles. The highest BCUT2D eigenvalue weighted by Crippen LogP contribution is 2.29. The van der Waals surface area contributed by atoms with Crippen molar-refractivity contribution in [1.29, 1.82) is 0 Å². The van der Waals surface area contributed by atoms with Gasteiger partial charge in [0.2, 0.25) is 0 Å². The van der Waals surface area contributed by atoms with Gasteiger partial charge in [0.1, 0.15) is 11.6 Å². The standard InChI is InChI=1S/C14H9ClF3NO2/c15-11-7-10(5-6-12(11)21-14(17)18)19-13(20)8-1-3-9(16)4-2-8/h1-7,14H,(H,19,20). The fraction of sp³-hybridized carbons (Fsp3) is 0.0714. The Balaban J connectivity index is 2.11. The molecule has 0 unspecified atom stereocenters. The Bertz CT molecular complexity index is 647. The second-order valence-electron chi connectivity index (χ2n) is 3.98. The number of hydrogen-bond donors (Lipinski definition) is 1. The molecule has 0 fully saturated rings. The number of hydrogen-bond acceptors (Lipinski definition) is 2. The van der Waals surface area contributed by atoms with Gasteiger partial charge in [-0.2, -0.15) is 8.78 Å². The maximum atomic E-state index is 12.8. The van der Waals surface area contributed by atoms with Crippen molar-refractivity contribution in [3.8, 4) is 5.75 Å². The van der Waals surface area contributed by atoms with Gasteiger partial charge in [0.05, 0.1) is 5.02 Å². The van der Waals surface area contributed by atoms with E-state index in [2.05, 4.69) is 10.1 Å². The molecule has 3 nitrogen and oxygen atoms in total. The van der Waals surface area contributed by atoms with Crippen LogP contribution in [0.2, 0.25) is 5.02 Å². The Morgan fingerprint density at radius 2 is 1.81 bits per heavy atom. The maximum absolute atomic E-state index is 12.8. The molecule has 0 aliphatic heterocycles. The summed E-state index contributed by atoms with van der Waals surface area (Å²) in [6.45, 7) is -2.98. The summed E-state index contributed by atoms with van der Waals surface area (Å²) in [6.07, 6.45) is 0. The monoisotopic (exact) mass is 315 g/mol. The highest BCUT2D eigenvalue weighted by Gasteiger charge is 2.11. The largest absolute Gasteiger partial charge is 0.433 e. The SMILES string of the molecule is O=C(Nc1ccc(OC(F)F)c(Cl)c1)c1ccc(F)cc1. The Kier molecular flexibility index (Phi) is 4.70. The van der Waals surface area contributed by atoms with E-state index in [0.717, 1.165) is 12.1 Å². The van der Waals surface area contributed by atoms with Crippen LogP contribution >= 0.6 is 11.6 Å². The molecule has 2 rings (SSSR count). The molecule has 1 amide bonds. The lowest BCUT2D eigenvalue weighted by atomic mass is 10.2. The molecular formula is C14H9ClF3NO2. The average Bonchev–Trinajstić information content (AvgIpc) is 2.42. The van der Waals surface area contributed by atoms with E-state index < -0.39 is 18.3 Å². The zero-order valence-corrected chi connectivity index (χ0v) is 11.2. The number of amides is 1. The molecule has 0 heterocycles. The number of rotatable bonds is 4. The van der Waals surface area contributed by atoms with E-state index in [1.165, 1.54) is 30.3 Å². The highest BCUT2D eigenvalue weighted by atomic mass is 35.5. The van der Waals surface area contributed by atoms with Crippen molar-refractivity contribution in [2.45, 2.75) is 6.61 Å². The van der Waals surface area contributed by atoms with Gasteiger partial charge in [-0.3, -0.25) is 4.79 Å². The molecule has 0 radical (unpaired) electrons. The lowest BCUT2D eigenvalue weighted by molar-refractivity contribution is -0.0497. The van der Waals surface area contributed by atoms with Gasteiger partial charge in [0, 0.05) is 11.3 Å². The molecule has 7 heteroatoms. The normalized spacial score (nSPS) is 10.5. The van der Waals surface area contributed by atoms with Crippen molar-refractivity contribution >= 4 is 23.2 Å². The van der Waals surface area contributed by atoms with Crippen molar-refractivity contribution in [2.75, 3.05) is 5.32 Å². The van der Waals surface area contributed by atoms with Gasteiger partial charge in [-0.15, -0.1) is 0 Å². The van der Waals surface area contributed by atoms with Crippen molar-refractivity contribution in [1.82, 2.24) is 0 Å². The minimum Gasteiger partial charge on any atom is -0.433 e. The van der Waals surface area contributed by atoms with Crippen LogP contribution in [0.15, 0.2) is 42.5 Å². The number of carbonyl (C=O) groups is 1. The second-order valence-corrected chi connectivity index (χ2v) is 4.39. The molecule has 110 valence electrons. The van der Waals surface area contributed by atoms with E-state index in [1.807, 2.05) is 0 Å². The van der Waals surface area contributed by atoms with E-state index in [4.69, 9.17) is 11.6 Å². The lowest BCUT2D eigenvalue weighted by Crippen LogP contribution is -2.12. The average molecular weight is 316 g/mol. The minimum absolute atomic E-state index is 0.0628. The predicted octanol–water partition coefficient (Wildman–Crippen LogP) is 4.33. The van der Waals surface area contributed by atoms with Crippen molar-refractivity contribution in [2.24, 2.45) is 0 Å². The summed E-state index contributed by atoms with van der Waals surface area (Å²) in [7, 11) is 0. The summed E-state index contributed by atoms with van der Waals surface area (Å²) in [5, 5.41) is 2.45. The predicted molar refractivity (Wildman–Crippen MR) is 72.4 cm³/mol. The Labute approximate surface area is 123 Å². The Morgan fingerprint density at radius 3 is 2.38 bits per heavy atom. The third-order valence-corrected chi connectivity index (χ3v) is 2.81.